The summed E-state index contributed by atoms with van der Waals surface area (Å²) in [5, 5.41) is 3.38. The molecule has 2 aromatic carbocycles. The fourth-order valence-corrected chi connectivity index (χ4v) is 3.84. The van der Waals surface area contributed by atoms with Crippen molar-refractivity contribution < 1.29 is 18.4 Å². The third-order valence-electron chi connectivity index (χ3n) is 5.33. The minimum Gasteiger partial charge on any atom is -0.314 e. The summed E-state index contributed by atoms with van der Waals surface area (Å²) in [5.41, 5.74) is 3.92. The van der Waals surface area contributed by atoms with E-state index in [4.69, 9.17) is 14.6 Å². The molecule has 1 fully saturated rings. The Labute approximate surface area is 191 Å². The molecule has 0 amide bonds. The molecule has 0 aliphatic carbocycles. The number of hydrogen-bond acceptors (Lipinski definition) is 6. The molecule has 0 atom stereocenters. The molecular weight excluding hydrogens is 426 g/mol. The van der Waals surface area contributed by atoms with E-state index in [-0.39, 0.29) is 6.15 Å². The lowest BCUT2D eigenvalue weighted by Gasteiger charge is -2.27. The number of halogens is 2. The first-order valence-electron chi connectivity index (χ1n) is 10.9. The zero-order chi connectivity index (χ0) is 23.5. The van der Waals surface area contributed by atoms with Gasteiger partial charge in [-0.05, 0) is 48.2 Å². The van der Waals surface area contributed by atoms with E-state index in [2.05, 4.69) is 39.5 Å². The lowest BCUT2D eigenvalue weighted by atomic mass is 10.1. The summed E-state index contributed by atoms with van der Waals surface area (Å²) in [6, 6.07) is 14.1. The number of nitrogens with zero attached hydrogens (tertiary/aromatic N) is 3. The molecular formula is C25H26F2N4O2. The van der Waals surface area contributed by atoms with Crippen LogP contribution in [0.5, 0.6) is 0 Å². The smallest absolute Gasteiger partial charge is 0.314 e. The van der Waals surface area contributed by atoms with Gasteiger partial charge in [0.05, 0.1) is 5.69 Å². The van der Waals surface area contributed by atoms with Crippen LogP contribution in [0.25, 0.3) is 11.3 Å². The summed E-state index contributed by atoms with van der Waals surface area (Å²) in [5.74, 6) is -0.329. The fraction of sp³-hybridized carbons (Fsp3) is 0.320. The first-order valence-corrected chi connectivity index (χ1v) is 10.9. The number of aromatic nitrogens is 2. The van der Waals surface area contributed by atoms with Gasteiger partial charge in [-0.1, -0.05) is 18.2 Å². The summed E-state index contributed by atoms with van der Waals surface area (Å²) in [4.78, 5) is 27.8. The van der Waals surface area contributed by atoms with E-state index in [1.54, 1.807) is 6.20 Å². The summed E-state index contributed by atoms with van der Waals surface area (Å²) in [7, 11) is 0. The van der Waals surface area contributed by atoms with Crippen LogP contribution < -0.4 is 5.32 Å². The van der Waals surface area contributed by atoms with Gasteiger partial charge in [-0.15, -0.1) is 0 Å². The Morgan fingerprint density at radius 3 is 2.39 bits per heavy atom. The molecule has 1 N–H and O–H groups in total. The van der Waals surface area contributed by atoms with Gasteiger partial charge in [0.25, 0.3) is 0 Å². The molecule has 6 nitrogen and oxygen atoms in total. The first-order chi connectivity index (χ1) is 16.1. The van der Waals surface area contributed by atoms with Crippen LogP contribution in [0.15, 0.2) is 54.7 Å². The Bertz CT molecular complexity index is 1060. The highest BCUT2D eigenvalue weighted by Gasteiger charge is 2.11. The second-order valence-electron chi connectivity index (χ2n) is 7.80. The second kappa shape index (κ2) is 12.6. The Kier molecular flexibility index (Phi) is 9.32. The number of rotatable bonds is 7. The maximum absolute atomic E-state index is 13.3. The lowest BCUT2D eigenvalue weighted by molar-refractivity contribution is -0.191. The van der Waals surface area contributed by atoms with Gasteiger partial charge < -0.3 is 5.32 Å². The summed E-state index contributed by atoms with van der Waals surface area (Å²) < 4.78 is 26.7. The lowest BCUT2D eigenvalue weighted by Crippen LogP contribution is -2.42. The number of carbonyl (C=O) groups excluding carboxylic acids is 2. The van der Waals surface area contributed by atoms with Gasteiger partial charge in [0.2, 0.25) is 0 Å². The number of nitrogens with one attached hydrogen (secondary N) is 1. The van der Waals surface area contributed by atoms with Crippen molar-refractivity contribution in [2.45, 2.75) is 25.8 Å². The van der Waals surface area contributed by atoms with E-state index in [1.807, 2.05) is 6.07 Å². The first kappa shape index (κ1) is 24.3. The zero-order valence-electron chi connectivity index (χ0n) is 18.3. The molecule has 1 aliphatic heterocycles. The van der Waals surface area contributed by atoms with Crippen LogP contribution in [0, 0.1) is 11.6 Å². The van der Waals surface area contributed by atoms with Gasteiger partial charge in [-0.3, -0.25) is 4.90 Å². The predicted molar refractivity (Wildman–Crippen MR) is 119 cm³/mol. The summed E-state index contributed by atoms with van der Waals surface area (Å²) in [6.45, 7) is 5.15. The zero-order valence-corrected chi connectivity index (χ0v) is 18.3. The molecule has 2 heterocycles. The van der Waals surface area contributed by atoms with E-state index in [0.717, 1.165) is 62.3 Å². The maximum Gasteiger partial charge on any atom is 0.373 e. The van der Waals surface area contributed by atoms with Crippen molar-refractivity contribution in [2.75, 3.05) is 26.2 Å². The maximum atomic E-state index is 13.3. The summed E-state index contributed by atoms with van der Waals surface area (Å²) in [6.07, 6.45) is 4.01. The van der Waals surface area contributed by atoms with Crippen LogP contribution in [-0.4, -0.2) is 47.2 Å². The Hall–Kier alpha value is -3.32. The van der Waals surface area contributed by atoms with Crippen molar-refractivity contribution in [3.63, 3.8) is 0 Å². The number of benzene rings is 2. The van der Waals surface area contributed by atoms with E-state index in [9.17, 15) is 8.78 Å². The van der Waals surface area contributed by atoms with Crippen molar-refractivity contribution in [1.82, 2.24) is 20.2 Å². The minimum absolute atomic E-state index is 0.250. The Morgan fingerprint density at radius 2 is 1.67 bits per heavy atom. The van der Waals surface area contributed by atoms with Crippen molar-refractivity contribution in [3.05, 3.63) is 83.3 Å². The molecule has 0 radical (unpaired) electrons. The van der Waals surface area contributed by atoms with Crippen LogP contribution in [0.4, 0.5) is 8.78 Å². The van der Waals surface area contributed by atoms with Crippen molar-refractivity contribution in [2.24, 2.45) is 0 Å². The van der Waals surface area contributed by atoms with Gasteiger partial charge in [0, 0.05) is 57.0 Å². The van der Waals surface area contributed by atoms with Crippen LogP contribution in [0.1, 0.15) is 23.4 Å². The molecule has 1 aromatic heterocycles. The molecule has 3 aromatic rings. The molecule has 33 heavy (non-hydrogen) atoms. The van der Waals surface area contributed by atoms with Crippen molar-refractivity contribution in [1.29, 1.82) is 0 Å². The van der Waals surface area contributed by atoms with E-state index >= 15 is 0 Å². The normalized spacial score (nSPS) is 13.6. The van der Waals surface area contributed by atoms with Crippen LogP contribution >= 0.6 is 0 Å². The SMILES string of the molecule is Fc1cc(F)cc(CCCc2nccc(-c3cccc(CN4CCNCC4)c3)n2)c1.O=C=O. The topological polar surface area (TPSA) is 75.2 Å². The van der Waals surface area contributed by atoms with Gasteiger partial charge in [-0.25, -0.2) is 18.7 Å². The van der Waals surface area contributed by atoms with E-state index in [0.29, 0.717) is 18.4 Å². The molecule has 1 saturated heterocycles. The minimum atomic E-state index is -0.538. The van der Waals surface area contributed by atoms with Gasteiger partial charge in [-0.2, -0.15) is 9.59 Å². The molecule has 0 unspecified atom stereocenters. The molecule has 0 bridgehead atoms. The quantitative estimate of drug-likeness (QED) is 0.592. The monoisotopic (exact) mass is 452 g/mol. The van der Waals surface area contributed by atoms with Crippen LogP contribution in [0.2, 0.25) is 0 Å². The third-order valence-corrected chi connectivity index (χ3v) is 5.33. The number of hydrogen-bond donors (Lipinski definition) is 1. The highest BCUT2D eigenvalue weighted by molar-refractivity contribution is 5.59. The Morgan fingerprint density at radius 1 is 0.939 bits per heavy atom. The van der Waals surface area contributed by atoms with Gasteiger partial charge >= 0.3 is 6.15 Å². The molecule has 172 valence electrons. The third kappa shape index (κ3) is 7.95. The molecule has 4 rings (SSSR count). The molecule has 8 heteroatoms. The molecule has 0 saturated carbocycles. The predicted octanol–water partition coefficient (Wildman–Crippen LogP) is 3.42. The average Bonchev–Trinajstić information content (AvgIpc) is 2.80. The molecule has 1 aliphatic rings. The van der Waals surface area contributed by atoms with Crippen LogP contribution in [-0.2, 0) is 29.0 Å². The van der Waals surface area contributed by atoms with Crippen molar-refractivity contribution in [3.8, 4) is 11.3 Å². The van der Waals surface area contributed by atoms with E-state index in [1.165, 1.54) is 17.7 Å². The highest BCUT2D eigenvalue weighted by atomic mass is 19.1. The highest BCUT2D eigenvalue weighted by Crippen LogP contribution is 2.20. The number of aryl methyl sites for hydroxylation is 2. The Balaban J connectivity index is 0.000000968. The van der Waals surface area contributed by atoms with Crippen molar-refractivity contribution >= 4 is 6.15 Å². The van der Waals surface area contributed by atoms with Gasteiger partial charge in [0.1, 0.15) is 17.5 Å². The number of piperazine rings is 1. The fourth-order valence-electron chi connectivity index (χ4n) is 3.84. The van der Waals surface area contributed by atoms with Crippen LogP contribution in [0.3, 0.4) is 0 Å². The second-order valence-corrected chi connectivity index (χ2v) is 7.80. The molecule has 0 spiro atoms. The summed E-state index contributed by atoms with van der Waals surface area (Å²) >= 11 is 0. The van der Waals surface area contributed by atoms with E-state index < -0.39 is 11.6 Å². The largest absolute Gasteiger partial charge is 0.373 e. The van der Waals surface area contributed by atoms with Gasteiger partial charge in [0.15, 0.2) is 0 Å². The standard InChI is InChI=1S/C24H26F2N4.CO2/c25-21-14-18(15-22(26)16-21)3-2-6-24-28-8-7-23(29-24)20-5-1-4-19(13-20)17-30-11-9-27-10-12-30;2-1-3/h1,4-5,7-8,13-16,27H,2-3,6,9-12,17H2;. The average molecular weight is 453 g/mol.